The maximum absolute atomic E-state index is 2.18. The van der Waals surface area contributed by atoms with Crippen LogP contribution in [-0.4, -0.2) is 0 Å². The van der Waals surface area contributed by atoms with Crippen LogP contribution in [0.2, 0.25) is 0 Å². The van der Waals surface area contributed by atoms with Crippen molar-refractivity contribution in [1.29, 1.82) is 0 Å². The summed E-state index contributed by atoms with van der Waals surface area (Å²) in [6.45, 7) is 0. The average Bonchev–Trinajstić information content (AvgIpc) is 2.39. The molecule has 0 saturated carbocycles. The molecule has 0 amide bonds. The highest BCUT2D eigenvalue weighted by molar-refractivity contribution is 14.0. The summed E-state index contributed by atoms with van der Waals surface area (Å²) in [7, 11) is 0. The van der Waals surface area contributed by atoms with Gasteiger partial charge in [0.15, 0.2) is 0 Å². The molecule has 0 atom stereocenters. The molecule has 1 heteroatoms. The number of halogens is 1. The van der Waals surface area contributed by atoms with E-state index in [4.69, 9.17) is 0 Å². The molecule has 3 aromatic rings. The van der Waals surface area contributed by atoms with E-state index in [9.17, 15) is 0 Å². The Balaban J connectivity index is 0.00000108. The molecule has 0 nitrogen and oxygen atoms in total. The Morgan fingerprint density at radius 3 is 2.00 bits per heavy atom. The van der Waals surface area contributed by atoms with E-state index in [1.807, 2.05) is 0 Å². The zero-order valence-electron chi connectivity index (χ0n) is 9.34. The Morgan fingerprint density at radius 1 is 0.529 bits per heavy atom. The zero-order chi connectivity index (χ0) is 10.8. The highest BCUT2D eigenvalue weighted by Gasteiger charge is 2.01. The molecule has 0 N–H and O–H groups in total. The minimum Gasteiger partial charge on any atom is -0.107 e. The molecule has 0 aromatic heterocycles. The van der Waals surface area contributed by atoms with Gasteiger partial charge < -0.3 is 0 Å². The van der Waals surface area contributed by atoms with Crippen LogP contribution in [-0.2, 0) is 0 Å². The molecule has 3 rings (SSSR count). The number of hydrogen-bond donors (Lipinski definition) is 0. The molecule has 0 bridgehead atoms. The maximum atomic E-state index is 2.18. The molecule has 0 fully saturated rings. The fourth-order valence-corrected chi connectivity index (χ4v) is 2.09. The monoisotopic (exact) mass is 332 g/mol. The lowest BCUT2D eigenvalue weighted by Crippen LogP contribution is -1.79. The molecular weight excluding hydrogens is 319 g/mol. The van der Waals surface area contributed by atoms with Gasteiger partial charge >= 0.3 is 0 Å². The quantitative estimate of drug-likeness (QED) is 0.542. The van der Waals surface area contributed by atoms with Crippen LogP contribution in [0.1, 0.15) is 0 Å². The van der Waals surface area contributed by atoms with Crippen molar-refractivity contribution < 1.29 is 0 Å². The predicted octanol–water partition coefficient (Wildman–Crippen LogP) is 5.12. The van der Waals surface area contributed by atoms with Gasteiger partial charge in [-0.3, -0.25) is 0 Å². The number of benzene rings is 3. The smallest absolute Gasteiger partial charge is 0.0105 e. The molecule has 0 aliphatic rings. The summed E-state index contributed by atoms with van der Waals surface area (Å²) in [4.78, 5) is 0. The second-order valence-corrected chi connectivity index (χ2v) is 3.89. The molecule has 0 unspecified atom stereocenters. The van der Waals surface area contributed by atoms with Crippen molar-refractivity contribution in [3.05, 3.63) is 72.8 Å². The Labute approximate surface area is 118 Å². The second-order valence-electron chi connectivity index (χ2n) is 3.89. The molecular formula is C16H13I. The molecule has 0 spiro atoms. The van der Waals surface area contributed by atoms with Crippen molar-refractivity contribution in [2.24, 2.45) is 0 Å². The first kappa shape index (κ1) is 12.1. The lowest BCUT2D eigenvalue weighted by molar-refractivity contribution is 1.65. The highest BCUT2D eigenvalue weighted by atomic mass is 127. The van der Waals surface area contributed by atoms with Gasteiger partial charge in [0.25, 0.3) is 0 Å². The minimum atomic E-state index is 0. The van der Waals surface area contributed by atoms with Crippen LogP contribution in [0.5, 0.6) is 0 Å². The molecule has 84 valence electrons. The van der Waals surface area contributed by atoms with E-state index >= 15 is 0 Å². The van der Waals surface area contributed by atoms with E-state index in [1.54, 1.807) is 0 Å². The van der Waals surface area contributed by atoms with E-state index in [0.29, 0.717) is 0 Å². The van der Waals surface area contributed by atoms with Gasteiger partial charge in [-0.25, -0.2) is 0 Å². The summed E-state index contributed by atoms with van der Waals surface area (Å²) in [6, 6.07) is 25.5. The molecule has 17 heavy (non-hydrogen) atoms. The van der Waals surface area contributed by atoms with Gasteiger partial charge in [-0.05, 0) is 21.9 Å². The third-order valence-electron chi connectivity index (χ3n) is 2.87. The molecule has 0 saturated heterocycles. The van der Waals surface area contributed by atoms with Crippen LogP contribution in [0, 0.1) is 0 Å². The first-order chi connectivity index (χ1) is 7.95. The highest BCUT2D eigenvalue weighted by Crippen LogP contribution is 2.27. The second kappa shape index (κ2) is 5.32. The van der Waals surface area contributed by atoms with Crippen LogP contribution in [0.3, 0.4) is 0 Å². The Hall–Kier alpha value is -1.35. The van der Waals surface area contributed by atoms with Crippen LogP contribution in [0.15, 0.2) is 72.8 Å². The standard InChI is InChI=1S/C16H12.HI/c1-2-7-13(8-3-1)16-12-6-10-14-9-4-5-11-15(14)16;/h1-12H;1H. The van der Waals surface area contributed by atoms with Crippen molar-refractivity contribution in [2.45, 2.75) is 0 Å². The Bertz CT molecular complexity index is 609. The number of rotatable bonds is 1. The van der Waals surface area contributed by atoms with Crippen molar-refractivity contribution in [3.8, 4) is 11.1 Å². The summed E-state index contributed by atoms with van der Waals surface area (Å²) >= 11 is 0. The van der Waals surface area contributed by atoms with Gasteiger partial charge in [-0.1, -0.05) is 72.8 Å². The van der Waals surface area contributed by atoms with Gasteiger partial charge in [0.05, 0.1) is 0 Å². The van der Waals surface area contributed by atoms with Gasteiger partial charge in [-0.15, -0.1) is 24.0 Å². The Kier molecular flexibility index (Phi) is 3.79. The largest absolute Gasteiger partial charge is 0.107 e. The molecule has 0 aliphatic heterocycles. The average molecular weight is 332 g/mol. The molecule has 3 aromatic carbocycles. The van der Waals surface area contributed by atoms with Gasteiger partial charge in [0.1, 0.15) is 0 Å². The lowest BCUT2D eigenvalue weighted by Gasteiger charge is -2.06. The minimum absolute atomic E-state index is 0. The fraction of sp³-hybridized carbons (Fsp3) is 0. The number of fused-ring (bicyclic) bond motifs is 1. The van der Waals surface area contributed by atoms with E-state index in [2.05, 4.69) is 72.8 Å². The summed E-state index contributed by atoms with van der Waals surface area (Å²) < 4.78 is 0. The summed E-state index contributed by atoms with van der Waals surface area (Å²) in [5, 5.41) is 2.61. The van der Waals surface area contributed by atoms with Gasteiger partial charge in [0.2, 0.25) is 0 Å². The third-order valence-corrected chi connectivity index (χ3v) is 2.87. The van der Waals surface area contributed by atoms with Crippen molar-refractivity contribution in [1.82, 2.24) is 0 Å². The van der Waals surface area contributed by atoms with Gasteiger partial charge in [-0.2, -0.15) is 0 Å². The summed E-state index contributed by atoms with van der Waals surface area (Å²) in [5.74, 6) is 0. The topological polar surface area (TPSA) is 0 Å². The first-order valence-electron chi connectivity index (χ1n) is 5.48. The third kappa shape index (κ3) is 2.34. The van der Waals surface area contributed by atoms with Gasteiger partial charge in [0, 0.05) is 0 Å². The molecule has 0 aliphatic carbocycles. The summed E-state index contributed by atoms with van der Waals surface area (Å²) in [5.41, 5.74) is 2.58. The SMILES string of the molecule is I.c1ccc(-c2cccc3ccccc23)cc1. The lowest BCUT2D eigenvalue weighted by atomic mass is 9.98. The zero-order valence-corrected chi connectivity index (χ0v) is 11.7. The van der Waals surface area contributed by atoms with E-state index < -0.39 is 0 Å². The first-order valence-corrected chi connectivity index (χ1v) is 5.48. The van der Waals surface area contributed by atoms with E-state index in [1.165, 1.54) is 21.9 Å². The fourth-order valence-electron chi connectivity index (χ4n) is 2.09. The van der Waals surface area contributed by atoms with Crippen LogP contribution in [0.25, 0.3) is 21.9 Å². The normalized spacial score (nSPS) is 9.88. The van der Waals surface area contributed by atoms with E-state index in [-0.39, 0.29) is 24.0 Å². The van der Waals surface area contributed by atoms with Crippen molar-refractivity contribution in [2.75, 3.05) is 0 Å². The molecule has 0 radical (unpaired) electrons. The van der Waals surface area contributed by atoms with Crippen LogP contribution >= 0.6 is 24.0 Å². The predicted molar refractivity (Wildman–Crippen MR) is 84.8 cm³/mol. The number of hydrogen-bond acceptors (Lipinski definition) is 0. The van der Waals surface area contributed by atoms with Crippen LogP contribution in [0.4, 0.5) is 0 Å². The maximum Gasteiger partial charge on any atom is -0.0105 e. The Morgan fingerprint density at radius 2 is 1.18 bits per heavy atom. The molecule has 0 heterocycles. The van der Waals surface area contributed by atoms with Crippen LogP contribution < -0.4 is 0 Å². The summed E-state index contributed by atoms with van der Waals surface area (Å²) in [6.07, 6.45) is 0. The van der Waals surface area contributed by atoms with Crippen molar-refractivity contribution >= 4 is 34.7 Å². The van der Waals surface area contributed by atoms with Crippen molar-refractivity contribution in [3.63, 3.8) is 0 Å². The van der Waals surface area contributed by atoms with E-state index in [0.717, 1.165) is 0 Å².